The van der Waals surface area contributed by atoms with Crippen molar-refractivity contribution in [3.8, 4) is 11.6 Å². The molecule has 2 heterocycles. The first-order chi connectivity index (χ1) is 16.6. The van der Waals surface area contributed by atoms with Crippen LogP contribution in [0.25, 0.3) is 0 Å². The van der Waals surface area contributed by atoms with E-state index >= 15 is 0 Å². The summed E-state index contributed by atoms with van der Waals surface area (Å²) >= 11 is 0. The fraction of sp³-hybridized carbons (Fsp3) is 0.231. The van der Waals surface area contributed by atoms with Crippen molar-refractivity contribution in [2.24, 2.45) is 0 Å². The number of esters is 1. The van der Waals surface area contributed by atoms with E-state index in [4.69, 9.17) is 9.47 Å². The normalized spacial score (nSPS) is 16.0. The van der Waals surface area contributed by atoms with Crippen molar-refractivity contribution in [3.05, 3.63) is 78.5 Å². The van der Waals surface area contributed by atoms with Gasteiger partial charge in [-0.2, -0.15) is 0 Å². The molecule has 1 saturated carbocycles. The van der Waals surface area contributed by atoms with Gasteiger partial charge in [-0.25, -0.2) is 9.78 Å². The summed E-state index contributed by atoms with van der Waals surface area (Å²) in [6, 6.07) is 19.2. The summed E-state index contributed by atoms with van der Waals surface area (Å²) in [6.45, 7) is -0.512. The summed E-state index contributed by atoms with van der Waals surface area (Å²) in [5.74, 6) is -0.782. The topological polar surface area (TPSA) is 97.8 Å². The van der Waals surface area contributed by atoms with Crippen LogP contribution in [0.1, 0.15) is 36.0 Å². The van der Waals surface area contributed by atoms with Gasteiger partial charge in [0, 0.05) is 6.20 Å². The number of ether oxygens (including phenoxy) is 2. The molecule has 1 aromatic heterocycles. The predicted octanol–water partition coefficient (Wildman–Crippen LogP) is 4.33. The minimum absolute atomic E-state index is 0.0844. The Morgan fingerprint density at radius 2 is 1.71 bits per heavy atom. The second kappa shape index (κ2) is 8.97. The molecule has 1 spiro atoms. The van der Waals surface area contributed by atoms with E-state index in [0.717, 1.165) is 12.8 Å². The zero-order valence-electron chi connectivity index (χ0n) is 18.4. The molecule has 0 unspecified atom stereocenters. The SMILES string of the molecule is O=C(OCC(=O)N1c2ccccc2NC(=O)C12CCCC2)c1cccnc1Oc1ccccc1. The highest BCUT2D eigenvalue weighted by atomic mass is 16.5. The summed E-state index contributed by atoms with van der Waals surface area (Å²) < 4.78 is 11.1. The van der Waals surface area contributed by atoms with Crippen LogP contribution in [-0.4, -0.2) is 34.9 Å². The van der Waals surface area contributed by atoms with Gasteiger partial charge in [-0.05, 0) is 49.2 Å². The molecule has 3 aromatic rings. The van der Waals surface area contributed by atoms with Gasteiger partial charge in [0.05, 0.1) is 11.4 Å². The first kappa shape index (κ1) is 21.6. The molecule has 8 nitrogen and oxygen atoms in total. The first-order valence-electron chi connectivity index (χ1n) is 11.2. The van der Waals surface area contributed by atoms with Gasteiger partial charge >= 0.3 is 5.97 Å². The van der Waals surface area contributed by atoms with Gasteiger partial charge in [0.25, 0.3) is 11.8 Å². The Labute approximate surface area is 196 Å². The van der Waals surface area contributed by atoms with Crippen molar-refractivity contribution >= 4 is 29.2 Å². The third-order valence-corrected chi connectivity index (χ3v) is 6.20. The van der Waals surface area contributed by atoms with E-state index in [-0.39, 0.29) is 17.4 Å². The maximum absolute atomic E-state index is 13.4. The number of amides is 2. The maximum Gasteiger partial charge on any atom is 0.344 e. The number of aromatic nitrogens is 1. The maximum atomic E-state index is 13.4. The van der Waals surface area contributed by atoms with Crippen molar-refractivity contribution in [3.63, 3.8) is 0 Å². The summed E-state index contributed by atoms with van der Waals surface area (Å²) in [5, 5.41) is 2.93. The van der Waals surface area contributed by atoms with Gasteiger partial charge in [-0.3, -0.25) is 14.5 Å². The van der Waals surface area contributed by atoms with E-state index in [9.17, 15) is 14.4 Å². The molecule has 2 aliphatic rings. The van der Waals surface area contributed by atoms with Crippen LogP contribution in [0, 0.1) is 0 Å². The average Bonchev–Trinajstić information content (AvgIpc) is 3.34. The lowest BCUT2D eigenvalue weighted by molar-refractivity contribution is -0.129. The molecule has 1 N–H and O–H groups in total. The zero-order chi connectivity index (χ0) is 23.5. The fourth-order valence-corrected chi connectivity index (χ4v) is 4.63. The zero-order valence-corrected chi connectivity index (χ0v) is 18.4. The molecule has 2 amide bonds. The molecule has 0 atom stereocenters. The van der Waals surface area contributed by atoms with E-state index < -0.39 is 24.0 Å². The molecule has 2 aromatic carbocycles. The summed E-state index contributed by atoms with van der Waals surface area (Å²) in [5.41, 5.74) is 0.315. The Morgan fingerprint density at radius 3 is 2.50 bits per heavy atom. The second-order valence-electron chi connectivity index (χ2n) is 8.29. The molecule has 8 heteroatoms. The Morgan fingerprint density at radius 1 is 0.971 bits per heavy atom. The first-order valence-corrected chi connectivity index (χ1v) is 11.2. The minimum Gasteiger partial charge on any atom is -0.452 e. The van der Waals surface area contributed by atoms with Gasteiger partial charge in [0.1, 0.15) is 16.9 Å². The van der Waals surface area contributed by atoms with Gasteiger partial charge < -0.3 is 14.8 Å². The molecule has 0 saturated heterocycles. The quantitative estimate of drug-likeness (QED) is 0.573. The molecule has 1 aliphatic heterocycles. The van der Waals surface area contributed by atoms with Crippen molar-refractivity contribution in [2.75, 3.05) is 16.8 Å². The second-order valence-corrected chi connectivity index (χ2v) is 8.29. The molecule has 0 bridgehead atoms. The Balaban J connectivity index is 1.36. The molecule has 0 radical (unpaired) electrons. The molecular weight excluding hydrogens is 434 g/mol. The van der Waals surface area contributed by atoms with Crippen LogP contribution in [0.3, 0.4) is 0 Å². The Bertz CT molecular complexity index is 1240. The third-order valence-electron chi connectivity index (χ3n) is 6.20. The number of hydrogen-bond acceptors (Lipinski definition) is 6. The number of rotatable bonds is 5. The molecule has 172 valence electrons. The minimum atomic E-state index is -0.965. The number of nitrogens with zero attached hydrogens (tertiary/aromatic N) is 2. The number of fused-ring (bicyclic) bond motifs is 1. The van der Waals surface area contributed by atoms with Crippen LogP contribution in [-0.2, 0) is 14.3 Å². The van der Waals surface area contributed by atoms with Crippen LogP contribution in [0.4, 0.5) is 11.4 Å². The van der Waals surface area contributed by atoms with Crippen molar-refractivity contribution in [1.29, 1.82) is 0 Å². The van der Waals surface area contributed by atoms with E-state index in [1.165, 1.54) is 17.2 Å². The standard InChI is InChI=1S/C26H23N3O5/c30-22(29-21-13-5-4-12-20(21)28-25(32)26(29)14-6-7-15-26)17-33-24(31)19-11-8-16-27-23(19)34-18-9-2-1-3-10-18/h1-5,8-13,16H,6-7,14-15,17H2,(H,28,32). The van der Waals surface area contributed by atoms with Gasteiger partial charge in [-0.1, -0.05) is 43.2 Å². The number of carbonyl (C=O) groups is 3. The molecular formula is C26H23N3O5. The highest BCUT2D eigenvalue weighted by Gasteiger charge is 2.52. The van der Waals surface area contributed by atoms with Gasteiger partial charge in [-0.15, -0.1) is 0 Å². The number of benzene rings is 2. The number of nitrogens with one attached hydrogen (secondary N) is 1. The predicted molar refractivity (Wildman–Crippen MR) is 125 cm³/mol. The monoisotopic (exact) mass is 457 g/mol. The molecule has 1 aliphatic carbocycles. The summed E-state index contributed by atoms with van der Waals surface area (Å²) in [4.78, 5) is 45.0. The number of para-hydroxylation sites is 3. The molecule has 34 heavy (non-hydrogen) atoms. The van der Waals surface area contributed by atoms with E-state index in [2.05, 4.69) is 10.3 Å². The van der Waals surface area contributed by atoms with Crippen molar-refractivity contribution in [1.82, 2.24) is 4.98 Å². The third kappa shape index (κ3) is 3.87. The number of anilines is 2. The fourth-order valence-electron chi connectivity index (χ4n) is 4.63. The van der Waals surface area contributed by atoms with Crippen LogP contribution in [0.5, 0.6) is 11.6 Å². The highest BCUT2D eigenvalue weighted by molar-refractivity contribution is 6.15. The van der Waals surface area contributed by atoms with Crippen LogP contribution >= 0.6 is 0 Å². The van der Waals surface area contributed by atoms with Crippen LogP contribution < -0.4 is 15.0 Å². The van der Waals surface area contributed by atoms with E-state index in [1.807, 2.05) is 12.1 Å². The number of carbonyl (C=O) groups excluding carboxylic acids is 3. The van der Waals surface area contributed by atoms with E-state index in [0.29, 0.717) is 30.0 Å². The molecule has 1 fully saturated rings. The van der Waals surface area contributed by atoms with Crippen LogP contribution in [0.15, 0.2) is 72.9 Å². The Hall–Kier alpha value is -4.20. The summed E-state index contributed by atoms with van der Waals surface area (Å²) in [6.07, 6.45) is 4.31. The van der Waals surface area contributed by atoms with Crippen molar-refractivity contribution < 1.29 is 23.9 Å². The smallest absolute Gasteiger partial charge is 0.344 e. The molecule has 5 rings (SSSR count). The lowest BCUT2D eigenvalue weighted by Crippen LogP contribution is -2.61. The van der Waals surface area contributed by atoms with Gasteiger partial charge in [0.15, 0.2) is 6.61 Å². The number of hydrogen-bond donors (Lipinski definition) is 1. The lowest BCUT2D eigenvalue weighted by Gasteiger charge is -2.44. The Kier molecular flexibility index (Phi) is 5.71. The summed E-state index contributed by atoms with van der Waals surface area (Å²) in [7, 11) is 0. The largest absolute Gasteiger partial charge is 0.452 e. The van der Waals surface area contributed by atoms with E-state index in [1.54, 1.807) is 48.5 Å². The lowest BCUT2D eigenvalue weighted by atomic mass is 9.90. The van der Waals surface area contributed by atoms with Crippen LogP contribution in [0.2, 0.25) is 0 Å². The average molecular weight is 457 g/mol. The van der Waals surface area contributed by atoms with Gasteiger partial charge in [0.2, 0.25) is 5.88 Å². The van der Waals surface area contributed by atoms with Crippen molar-refractivity contribution in [2.45, 2.75) is 31.2 Å². The highest BCUT2D eigenvalue weighted by Crippen LogP contribution is 2.45. The number of pyridine rings is 1.